The van der Waals surface area contributed by atoms with Crippen LogP contribution in [0.3, 0.4) is 0 Å². The lowest BCUT2D eigenvalue weighted by Crippen LogP contribution is -1.91. The molecule has 16 aromatic rings. The maximum absolute atomic E-state index is 6.44. The standard InChI is InChI=1S/C72H42O2/c1-3-15-49-41-67-63(37-47(49)13-1)61-39-51(33-35-65(61)73-67)71-57-21-9-5-17-53(57)69(54-18-6-10-22-58(54)71)45-29-25-43(26-30-45)44-27-31-46(32-28-44)70-55-19-7-11-23-59(55)72(60-24-12-8-20-56(60)70)52-34-36-66-62(40-52)64-38-48-14-2-4-16-50(48)42-68(64)74-66/h1-42H. The average molecular weight is 939 g/mol. The zero-order valence-electron chi connectivity index (χ0n) is 40.1. The molecule has 0 radical (unpaired) electrons. The van der Waals surface area contributed by atoms with Gasteiger partial charge in [-0.1, -0.05) is 206 Å². The first-order valence-electron chi connectivity index (χ1n) is 25.5. The van der Waals surface area contributed by atoms with Crippen molar-refractivity contribution >= 4 is 109 Å². The molecule has 0 N–H and O–H groups in total. The van der Waals surface area contributed by atoms with E-state index in [0.29, 0.717) is 0 Å². The highest BCUT2D eigenvalue weighted by Crippen LogP contribution is 2.48. The van der Waals surface area contributed by atoms with Crippen LogP contribution in [0.2, 0.25) is 0 Å². The topological polar surface area (TPSA) is 26.3 Å². The molecule has 0 aliphatic rings. The Kier molecular flexibility index (Phi) is 8.78. The molecule has 0 unspecified atom stereocenters. The Hall–Kier alpha value is -9.76. The van der Waals surface area contributed by atoms with E-state index in [1.165, 1.54) is 120 Å². The maximum Gasteiger partial charge on any atom is 0.136 e. The SMILES string of the molecule is c1ccc2cc3c(cc2c1)oc1ccc(-c2c4ccccc4c(-c4ccc(-c5ccc(-c6c7ccccc7c(-c7ccc8oc9cc%10ccccc%10cc9c8c7)c7ccccc67)cc5)cc4)c4ccccc24)cc13. The maximum atomic E-state index is 6.44. The smallest absolute Gasteiger partial charge is 0.136 e. The minimum atomic E-state index is 0.902. The van der Waals surface area contributed by atoms with Crippen LogP contribution >= 0.6 is 0 Å². The van der Waals surface area contributed by atoms with E-state index in [1.54, 1.807) is 0 Å². The molecule has 342 valence electrons. The highest BCUT2D eigenvalue weighted by Gasteiger charge is 2.21. The predicted octanol–water partition coefficient (Wildman–Crippen LogP) is 20.7. The summed E-state index contributed by atoms with van der Waals surface area (Å²) in [4.78, 5) is 0. The molecule has 16 rings (SSSR count). The molecule has 0 saturated carbocycles. The second kappa shape index (κ2) is 15.9. The Morgan fingerprint density at radius 2 is 0.405 bits per heavy atom. The van der Waals surface area contributed by atoms with Crippen molar-refractivity contribution in [1.82, 2.24) is 0 Å². The van der Waals surface area contributed by atoms with Crippen LogP contribution in [0.1, 0.15) is 0 Å². The van der Waals surface area contributed by atoms with Crippen molar-refractivity contribution in [2.75, 3.05) is 0 Å². The van der Waals surface area contributed by atoms with Crippen LogP contribution in [-0.4, -0.2) is 0 Å². The van der Waals surface area contributed by atoms with Crippen molar-refractivity contribution in [2.45, 2.75) is 0 Å². The number of furan rings is 2. The van der Waals surface area contributed by atoms with E-state index in [2.05, 4.69) is 255 Å². The first kappa shape index (κ1) is 40.9. The summed E-state index contributed by atoms with van der Waals surface area (Å²) >= 11 is 0. The zero-order valence-corrected chi connectivity index (χ0v) is 40.1. The van der Waals surface area contributed by atoms with E-state index in [0.717, 1.165) is 43.9 Å². The van der Waals surface area contributed by atoms with Crippen molar-refractivity contribution in [3.8, 4) is 55.6 Å². The van der Waals surface area contributed by atoms with Gasteiger partial charge < -0.3 is 8.83 Å². The quantitative estimate of drug-likeness (QED) is 0.161. The summed E-state index contributed by atoms with van der Waals surface area (Å²) in [5.41, 5.74) is 15.7. The molecule has 14 aromatic carbocycles. The van der Waals surface area contributed by atoms with Crippen LogP contribution in [0.5, 0.6) is 0 Å². The fourth-order valence-corrected chi connectivity index (χ4v) is 12.4. The van der Waals surface area contributed by atoms with Gasteiger partial charge >= 0.3 is 0 Å². The molecule has 74 heavy (non-hydrogen) atoms. The Labute approximate surface area is 425 Å². The van der Waals surface area contributed by atoms with Gasteiger partial charge in [-0.05, 0) is 169 Å². The highest BCUT2D eigenvalue weighted by atomic mass is 16.3. The molecule has 2 nitrogen and oxygen atoms in total. The van der Waals surface area contributed by atoms with Gasteiger partial charge in [-0.15, -0.1) is 0 Å². The normalized spacial score (nSPS) is 12.1. The fourth-order valence-electron chi connectivity index (χ4n) is 12.4. The second-order valence-corrected chi connectivity index (χ2v) is 19.9. The van der Waals surface area contributed by atoms with E-state index in [9.17, 15) is 0 Å². The Morgan fingerprint density at radius 1 is 0.162 bits per heavy atom. The van der Waals surface area contributed by atoms with E-state index in [-0.39, 0.29) is 0 Å². The number of fused-ring (bicyclic) bond motifs is 12. The highest BCUT2D eigenvalue weighted by molar-refractivity contribution is 6.24. The molecular formula is C72H42O2. The van der Waals surface area contributed by atoms with Crippen LogP contribution in [0.25, 0.3) is 164 Å². The molecule has 0 fully saturated rings. The summed E-state index contributed by atoms with van der Waals surface area (Å²) in [5.74, 6) is 0. The second-order valence-electron chi connectivity index (χ2n) is 19.9. The van der Waals surface area contributed by atoms with E-state index < -0.39 is 0 Å². The van der Waals surface area contributed by atoms with Crippen LogP contribution < -0.4 is 0 Å². The Bertz CT molecular complexity index is 4560. The minimum absolute atomic E-state index is 0.902. The molecule has 0 atom stereocenters. The van der Waals surface area contributed by atoms with Gasteiger partial charge in [-0.3, -0.25) is 0 Å². The lowest BCUT2D eigenvalue weighted by Gasteiger charge is -2.18. The first-order valence-corrected chi connectivity index (χ1v) is 25.5. The van der Waals surface area contributed by atoms with Gasteiger partial charge in [-0.25, -0.2) is 0 Å². The van der Waals surface area contributed by atoms with Gasteiger partial charge in [0.15, 0.2) is 0 Å². The van der Waals surface area contributed by atoms with Crippen LogP contribution in [0.4, 0.5) is 0 Å². The zero-order chi connectivity index (χ0) is 48.4. The summed E-state index contributed by atoms with van der Waals surface area (Å²) in [6, 6.07) is 93.2. The lowest BCUT2D eigenvalue weighted by atomic mass is 9.85. The summed E-state index contributed by atoms with van der Waals surface area (Å²) in [7, 11) is 0. The molecule has 0 spiro atoms. The molecular weight excluding hydrogens is 897 g/mol. The third-order valence-corrected chi connectivity index (χ3v) is 15.8. The minimum Gasteiger partial charge on any atom is -0.456 e. The van der Waals surface area contributed by atoms with E-state index >= 15 is 0 Å². The fraction of sp³-hybridized carbons (Fsp3) is 0. The summed E-state index contributed by atoms with van der Waals surface area (Å²) in [6.07, 6.45) is 0. The summed E-state index contributed by atoms with van der Waals surface area (Å²) in [6.45, 7) is 0. The molecule has 2 heteroatoms. The number of benzene rings is 14. The van der Waals surface area contributed by atoms with Gasteiger partial charge in [0.05, 0.1) is 0 Å². The Balaban J connectivity index is 0.776. The Morgan fingerprint density at radius 3 is 0.730 bits per heavy atom. The number of hydrogen-bond donors (Lipinski definition) is 0. The predicted molar refractivity (Wildman–Crippen MR) is 313 cm³/mol. The van der Waals surface area contributed by atoms with Crippen molar-refractivity contribution in [3.05, 3.63) is 255 Å². The molecule has 0 bridgehead atoms. The average Bonchev–Trinajstić information content (AvgIpc) is 4.00. The molecule has 0 saturated heterocycles. The summed E-state index contributed by atoms with van der Waals surface area (Å²) in [5, 5.41) is 19.2. The van der Waals surface area contributed by atoms with E-state index in [4.69, 9.17) is 8.83 Å². The van der Waals surface area contributed by atoms with Crippen LogP contribution in [-0.2, 0) is 0 Å². The van der Waals surface area contributed by atoms with Gasteiger partial charge in [0, 0.05) is 21.5 Å². The van der Waals surface area contributed by atoms with Gasteiger partial charge in [0.25, 0.3) is 0 Å². The van der Waals surface area contributed by atoms with Crippen molar-refractivity contribution < 1.29 is 8.83 Å². The van der Waals surface area contributed by atoms with Crippen molar-refractivity contribution in [1.29, 1.82) is 0 Å². The summed E-state index contributed by atoms with van der Waals surface area (Å²) < 4.78 is 12.9. The van der Waals surface area contributed by atoms with Crippen LogP contribution in [0.15, 0.2) is 264 Å². The molecule has 2 aromatic heterocycles. The molecule has 0 amide bonds. The third-order valence-electron chi connectivity index (χ3n) is 15.8. The van der Waals surface area contributed by atoms with Crippen molar-refractivity contribution in [2.24, 2.45) is 0 Å². The van der Waals surface area contributed by atoms with Gasteiger partial charge in [0.2, 0.25) is 0 Å². The van der Waals surface area contributed by atoms with E-state index in [1.807, 2.05) is 0 Å². The molecule has 2 heterocycles. The molecule has 0 aliphatic carbocycles. The van der Waals surface area contributed by atoms with Crippen molar-refractivity contribution in [3.63, 3.8) is 0 Å². The third kappa shape index (κ3) is 6.19. The first-order chi connectivity index (χ1) is 36.7. The van der Waals surface area contributed by atoms with Crippen LogP contribution in [0, 0.1) is 0 Å². The monoisotopic (exact) mass is 938 g/mol. The van der Waals surface area contributed by atoms with Gasteiger partial charge in [0.1, 0.15) is 22.3 Å². The largest absolute Gasteiger partial charge is 0.456 e. The van der Waals surface area contributed by atoms with Gasteiger partial charge in [-0.2, -0.15) is 0 Å². The number of hydrogen-bond acceptors (Lipinski definition) is 2. The number of rotatable bonds is 5. The lowest BCUT2D eigenvalue weighted by molar-refractivity contribution is 0.669. The molecule has 0 aliphatic heterocycles.